The number of aromatic hydroxyl groups is 1. The monoisotopic (exact) mass is 1120 g/mol. The Morgan fingerprint density at radius 3 is 1.27 bits per heavy atom. The van der Waals surface area contributed by atoms with Crippen LogP contribution in [0, 0.1) is 47.5 Å². The van der Waals surface area contributed by atoms with E-state index in [1.165, 1.54) is 12.1 Å². The summed E-state index contributed by atoms with van der Waals surface area (Å²) in [5.41, 5.74) is 7.04. The first-order valence-corrected chi connectivity index (χ1v) is 28.7. The van der Waals surface area contributed by atoms with Crippen LogP contribution in [0.15, 0.2) is 93.5 Å². The van der Waals surface area contributed by atoms with Crippen molar-refractivity contribution in [2.24, 2.45) is 0 Å². The number of anilines is 5. The molecule has 4 N–H and O–H groups in total. The maximum absolute atomic E-state index is 14.2. The Hall–Kier alpha value is -4.21. The molecule has 6 aromatic rings. The van der Waals surface area contributed by atoms with Gasteiger partial charge in [0.15, 0.2) is 0 Å². The normalized spacial score (nSPS) is 12.3. The molecular weight excluding hydrogens is 1060 g/mol. The molecular formula is C58H67N3Na2O11S3. The number of phenols is 1. The first-order valence-electron chi connectivity index (χ1n) is 24.5. The number of benzene rings is 6. The van der Waals surface area contributed by atoms with Gasteiger partial charge in [0.25, 0.3) is 5.91 Å². The zero-order valence-corrected chi connectivity index (χ0v) is 53.9. The van der Waals surface area contributed by atoms with E-state index in [-0.39, 0.29) is 114 Å². The molecule has 0 bridgehead atoms. The summed E-state index contributed by atoms with van der Waals surface area (Å²) < 4.78 is 116. The molecule has 0 aliphatic heterocycles. The molecule has 6 rings (SSSR count). The molecule has 0 fully saturated rings. The standard InChI is InChI=1S/C58H69N3O11S3.2Na/c1-30(2)43-25-38(17-21-47(43)60-51-32(5)23-34(7)54(36(51)9)74(67,68)69)50(39-18-22-48(44(26-39)31(3)4)61-52-33(6)24-35(8)55(37(52)10)75(70,71)72)42-20-19-41(29-49(42)73(64,65)66)59-56(63)40-27-45(57(11,12)13)53(62)46(28-40)58(14,15)16;;/h17-31,60-61H,1-16H3,(H4-,59,62,63,64,65,66,67,68,69,70,71,72);;/q;2*+1/p-2. The van der Waals surface area contributed by atoms with Gasteiger partial charge in [-0.1, -0.05) is 81.4 Å². The quantitative estimate of drug-likeness (QED) is 0.0391. The number of hydrogen-bond donors (Lipinski definition) is 4. The molecule has 0 radical (unpaired) electrons. The fourth-order valence-electron chi connectivity index (χ4n) is 9.98. The molecule has 19 heteroatoms. The molecule has 0 saturated carbocycles. The van der Waals surface area contributed by atoms with Crippen molar-refractivity contribution in [2.45, 2.75) is 148 Å². The average Bonchev–Trinajstić information content (AvgIpc) is 3.25. The number of nitrogens with one attached hydrogen (secondary N) is 3. The van der Waals surface area contributed by atoms with E-state index in [1.54, 1.807) is 90.1 Å². The van der Waals surface area contributed by atoms with Crippen LogP contribution in [0.2, 0.25) is 0 Å². The zero-order chi connectivity index (χ0) is 56.4. The van der Waals surface area contributed by atoms with Gasteiger partial charge in [0.2, 0.25) is 0 Å². The van der Waals surface area contributed by atoms with E-state index in [4.69, 9.17) is 0 Å². The first kappa shape index (κ1) is 65.3. The molecule has 0 aliphatic rings. The predicted octanol–water partition coefficient (Wildman–Crippen LogP) is 6.56. The van der Waals surface area contributed by atoms with Crippen LogP contribution >= 0.6 is 0 Å². The number of carbonyl (C=O) groups is 1. The van der Waals surface area contributed by atoms with Gasteiger partial charge in [-0.3, -0.25) is 4.79 Å². The minimum absolute atomic E-state index is 0. The summed E-state index contributed by atoms with van der Waals surface area (Å²) in [6, 6.07) is 21.2. The Kier molecular flexibility index (Phi) is 20.2. The number of aryl methyl sites for hydroxylation is 4. The van der Waals surface area contributed by atoms with Crippen LogP contribution < -0.4 is 75.1 Å². The maximum atomic E-state index is 14.2. The van der Waals surface area contributed by atoms with E-state index in [9.17, 15) is 48.8 Å². The van der Waals surface area contributed by atoms with Gasteiger partial charge in [0, 0.05) is 45.3 Å². The van der Waals surface area contributed by atoms with E-state index in [0.29, 0.717) is 84.3 Å². The molecule has 0 saturated heterocycles. The van der Waals surface area contributed by atoms with Gasteiger partial charge in [0.1, 0.15) is 41.0 Å². The van der Waals surface area contributed by atoms with Gasteiger partial charge in [-0.2, -0.15) is 0 Å². The Morgan fingerprint density at radius 1 is 0.545 bits per heavy atom. The smallest absolute Gasteiger partial charge is 0.744 e. The average molecular weight is 1120 g/mol. The molecule has 14 nitrogen and oxygen atoms in total. The third-order valence-electron chi connectivity index (χ3n) is 13.5. The van der Waals surface area contributed by atoms with Crippen LogP contribution in [-0.4, -0.2) is 49.9 Å². The van der Waals surface area contributed by atoms with Gasteiger partial charge in [0.05, 0.1) is 49.5 Å². The minimum Gasteiger partial charge on any atom is -0.744 e. The summed E-state index contributed by atoms with van der Waals surface area (Å²) in [7, 11) is -15.0. The number of rotatable bonds is 14. The fraction of sp³-hybridized carbons (Fsp3) is 0.345. The van der Waals surface area contributed by atoms with E-state index >= 15 is 0 Å². The molecule has 0 aromatic heterocycles. The molecule has 0 aliphatic carbocycles. The van der Waals surface area contributed by atoms with E-state index < -0.39 is 52.0 Å². The first-order chi connectivity index (χ1) is 34.3. The summed E-state index contributed by atoms with van der Waals surface area (Å²) in [5, 5.41) is 20.9. The molecule has 1 amide bonds. The molecule has 0 unspecified atom stereocenters. The van der Waals surface area contributed by atoms with Crippen molar-refractivity contribution in [1.29, 1.82) is 0 Å². The van der Waals surface area contributed by atoms with Crippen molar-refractivity contribution in [3.63, 3.8) is 0 Å². The second kappa shape index (κ2) is 23.9. The summed E-state index contributed by atoms with van der Waals surface area (Å²) in [6.07, 6.45) is 0. The maximum Gasteiger partial charge on any atom is 1.00 e. The van der Waals surface area contributed by atoms with Crippen LogP contribution in [0.1, 0.15) is 164 Å². The molecule has 6 aromatic carbocycles. The van der Waals surface area contributed by atoms with Crippen molar-refractivity contribution in [1.82, 2.24) is 0 Å². The van der Waals surface area contributed by atoms with Gasteiger partial charge < -0.3 is 34.7 Å². The summed E-state index contributed by atoms with van der Waals surface area (Å²) in [6.45, 7) is 29.1. The van der Waals surface area contributed by atoms with Crippen LogP contribution in [-0.2, 0) is 41.2 Å². The number of amides is 1. The van der Waals surface area contributed by atoms with E-state index in [1.807, 2.05) is 81.4 Å². The van der Waals surface area contributed by atoms with Gasteiger partial charge in [-0.15, -0.1) is 0 Å². The molecule has 0 atom stereocenters. The minimum atomic E-state index is -5.31. The largest absolute Gasteiger partial charge is 1.00 e. The fourth-order valence-corrected chi connectivity index (χ4v) is 12.6. The third kappa shape index (κ3) is 14.2. The van der Waals surface area contributed by atoms with Gasteiger partial charge in [-0.05, 0) is 158 Å². The Balaban J connectivity index is 0.00000640. The van der Waals surface area contributed by atoms with Crippen molar-refractivity contribution in [2.75, 3.05) is 16.0 Å². The van der Waals surface area contributed by atoms with E-state index in [0.717, 1.165) is 6.07 Å². The van der Waals surface area contributed by atoms with Crippen molar-refractivity contribution >= 4 is 64.7 Å². The predicted molar refractivity (Wildman–Crippen MR) is 293 cm³/mol. The molecule has 400 valence electrons. The molecule has 0 heterocycles. The Bertz CT molecular complexity index is 3450. The van der Waals surface area contributed by atoms with Gasteiger partial charge in [-0.25, -0.2) is 25.3 Å². The number of phenolic OH excluding ortho intramolecular Hbond substituents is 1. The molecule has 77 heavy (non-hydrogen) atoms. The van der Waals surface area contributed by atoms with Crippen LogP contribution in [0.25, 0.3) is 0 Å². The number of carbonyl (C=O) groups excluding carboxylic acids is 1. The van der Waals surface area contributed by atoms with Crippen LogP contribution in [0.5, 0.6) is 5.75 Å². The second-order valence-corrected chi connectivity index (χ2v) is 26.1. The SMILES string of the molecule is Cc1cc(C)c(S(=O)(=O)[O-])c(C)c1Nc1ccc([C+](c2ccc(Nc3c(C)cc(C)c(S(=O)(=O)[O-])c3C)c(C(C)C)c2)c2ccc(NC(=O)c3cc(C(C)(C)C)c(O)c(C(C)(C)C)c3)cc2S(=O)(=O)[O-])cc1C(C)C.[Na+].[Na+]. The Morgan fingerprint density at radius 2 is 0.935 bits per heavy atom. The van der Waals surface area contributed by atoms with E-state index in [2.05, 4.69) is 16.0 Å². The number of hydrogen-bond acceptors (Lipinski definition) is 13. The van der Waals surface area contributed by atoms with Gasteiger partial charge >= 0.3 is 59.1 Å². The summed E-state index contributed by atoms with van der Waals surface area (Å²) >= 11 is 0. The van der Waals surface area contributed by atoms with Crippen molar-refractivity contribution < 1.29 is 108 Å². The summed E-state index contributed by atoms with van der Waals surface area (Å²) in [4.78, 5) is 12.9. The van der Waals surface area contributed by atoms with Crippen molar-refractivity contribution in [3.05, 3.63) is 163 Å². The second-order valence-electron chi connectivity index (χ2n) is 22.2. The summed E-state index contributed by atoms with van der Waals surface area (Å²) in [5.74, 6) is -0.633. The zero-order valence-electron chi connectivity index (χ0n) is 47.4. The topological polar surface area (TPSA) is 245 Å². The third-order valence-corrected chi connectivity index (χ3v) is 16.6. The van der Waals surface area contributed by atoms with Crippen molar-refractivity contribution in [3.8, 4) is 5.75 Å². The van der Waals surface area contributed by atoms with Crippen LogP contribution in [0.4, 0.5) is 28.4 Å². The van der Waals surface area contributed by atoms with Crippen LogP contribution in [0.3, 0.4) is 0 Å². The molecule has 0 spiro atoms. The Labute approximate surface area is 500 Å².